The Balaban J connectivity index is 0.00000157. The molecule has 5 heteroatoms. The fourth-order valence-electron chi connectivity index (χ4n) is 5.45. The van der Waals surface area contributed by atoms with E-state index in [1.165, 1.54) is 44.9 Å². The van der Waals surface area contributed by atoms with Crippen molar-refractivity contribution in [2.45, 2.75) is 99.7 Å². The van der Waals surface area contributed by atoms with Crippen LogP contribution in [0.5, 0.6) is 0 Å². The topological polar surface area (TPSA) is 52.3 Å². The SMILES string of the molecule is C1=CC2CC3C=CC(CC4CCC(CC5CCC(CC1N2)[N-]5)[N-]4)N3.[Mn+2]. The number of nitrogens with zero attached hydrogens (tertiary/aromatic N) is 2. The molecule has 0 saturated carbocycles. The van der Waals surface area contributed by atoms with Crippen LogP contribution in [-0.4, -0.2) is 48.3 Å². The predicted molar refractivity (Wildman–Crippen MR) is 98.5 cm³/mol. The van der Waals surface area contributed by atoms with Gasteiger partial charge >= 0.3 is 17.1 Å². The van der Waals surface area contributed by atoms with Gasteiger partial charge < -0.3 is 21.3 Å². The molecule has 137 valence electrons. The molecular weight excluding hydrogens is 351 g/mol. The summed E-state index contributed by atoms with van der Waals surface area (Å²) >= 11 is 0. The number of rotatable bonds is 0. The van der Waals surface area contributed by atoms with Gasteiger partial charge in [-0.15, -0.1) is 24.2 Å². The van der Waals surface area contributed by atoms with Gasteiger partial charge in [-0.3, -0.25) is 0 Å². The molecule has 4 nitrogen and oxygen atoms in total. The van der Waals surface area contributed by atoms with Gasteiger partial charge in [-0.05, 0) is 6.42 Å². The number of nitrogens with one attached hydrogen (secondary N) is 2. The van der Waals surface area contributed by atoms with Crippen molar-refractivity contribution in [3.05, 3.63) is 34.9 Å². The molecule has 25 heavy (non-hydrogen) atoms. The van der Waals surface area contributed by atoms with Crippen LogP contribution >= 0.6 is 0 Å². The van der Waals surface area contributed by atoms with Gasteiger partial charge in [-0.1, -0.05) is 69.2 Å². The van der Waals surface area contributed by atoms with Gasteiger partial charge in [0.25, 0.3) is 0 Å². The molecule has 5 rings (SSSR count). The molecule has 1 radical (unpaired) electrons. The Labute approximate surface area is 162 Å². The van der Waals surface area contributed by atoms with Gasteiger partial charge in [-0.2, -0.15) is 0 Å². The van der Waals surface area contributed by atoms with Crippen molar-refractivity contribution < 1.29 is 17.1 Å². The third-order valence-corrected chi connectivity index (χ3v) is 6.62. The van der Waals surface area contributed by atoms with Crippen LogP contribution in [0.1, 0.15) is 51.4 Å². The van der Waals surface area contributed by atoms with Crippen LogP contribution < -0.4 is 10.6 Å². The molecule has 0 aliphatic carbocycles. The van der Waals surface area contributed by atoms with E-state index in [-0.39, 0.29) is 17.1 Å². The molecule has 3 fully saturated rings. The van der Waals surface area contributed by atoms with E-state index in [1.807, 2.05) is 0 Å². The number of hydrogen-bond donors (Lipinski definition) is 2. The summed E-state index contributed by atoms with van der Waals surface area (Å²) in [5.74, 6) is 0. The van der Waals surface area contributed by atoms with Crippen LogP contribution in [-0.2, 0) is 17.1 Å². The number of hydrogen-bond acceptors (Lipinski definition) is 2. The molecule has 8 bridgehead atoms. The first-order valence-electron chi connectivity index (χ1n) is 10.1. The molecule has 0 spiro atoms. The van der Waals surface area contributed by atoms with E-state index in [1.54, 1.807) is 0 Å². The smallest absolute Gasteiger partial charge is 0.657 e. The monoisotopic (exact) mass is 381 g/mol. The zero-order chi connectivity index (χ0) is 15.9. The molecule has 5 aliphatic heterocycles. The molecule has 3 saturated heterocycles. The largest absolute Gasteiger partial charge is 2.00 e. The quantitative estimate of drug-likeness (QED) is 0.500. The van der Waals surface area contributed by atoms with Gasteiger partial charge in [0, 0.05) is 24.2 Å². The third-order valence-electron chi connectivity index (χ3n) is 6.62. The zero-order valence-electron chi connectivity index (χ0n) is 14.9. The van der Waals surface area contributed by atoms with Crippen molar-refractivity contribution in [1.82, 2.24) is 10.6 Å². The van der Waals surface area contributed by atoms with Gasteiger partial charge in [0.1, 0.15) is 0 Å². The average molecular weight is 381 g/mol. The first kappa shape index (κ1) is 18.2. The van der Waals surface area contributed by atoms with E-state index in [9.17, 15) is 0 Å². The second kappa shape index (κ2) is 7.84. The molecule has 5 aliphatic rings. The van der Waals surface area contributed by atoms with Crippen LogP contribution in [0.25, 0.3) is 10.6 Å². The summed E-state index contributed by atoms with van der Waals surface area (Å²) < 4.78 is 0. The fourth-order valence-corrected chi connectivity index (χ4v) is 5.45. The van der Waals surface area contributed by atoms with Crippen LogP contribution in [0.2, 0.25) is 0 Å². The van der Waals surface area contributed by atoms with Crippen molar-refractivity contribution >= 4 is 0 Å². The Morgan fingerprint density at radius 2 is 0.880 bits per heavy atom. The summed E-state index contributed by atoms with van der Waals surface area (Å²) in [5.41, 5.74) is 0. The normalized spacial score (nSPS) is 48.6. The molecule has 0 amide bonds. The van der Waals surface area contributed by atoms with Crippen LogP contribution in [0.15, 0.2) is 24.3 Å². The third kappa shape index (κ3) is 4.23. The van der Waals surface area contributed by atoms with Crippen molar-refractivity contribution in [2.24, 2.45) is 0 Å². The van der Waals surface area contributed by atoms with E-state index in [4.69, 9.17) is 10.6 Å². The van der Waals surface area contributed by atoms with Crippen molar-refractivity contribution in [3.8, 4) is 0 Å². The van der Waals surface area contributed by atoms with Gasteiger partial charge in [0.15, 0.2) is 0 Å². The fraction of sp³-hybridized carbons (Fsp3) is 0.800. The van der Waals surface area contributed by atoms with E-state index >= 15 is 0 Å². The summed E-state index contributed by atoms with van der Waals surface area (Å²) in [7, 11) is 0. The Morgan fingerprint density at radius 1 is 0.520 bits per heavy atom. The Kier molecular flexibility index (Phi) is 5.71. The van der Waals surface area contributed by atoms with Crippen LogP contribution in [0.3, 0.4) is 0 Å². The van der Waals surface area contributed by atoms with E-state index < -0.39 is 0 Å². The first-order chi connectivity index (χ1) is 11.8. The molecule has 0 aromatic heterocycles. The second-order valence-electron chi connectivity index (χ2n) is 8.54. The maximum Gasteiger partial charge on any atom is 2.00 e. The van der Waals surface area contributed by atoms with Crippen molar-refractivity contribution in [3.63, 3.8) is 0 Å². The zero-order valence-corrected chi connectivity index (χ0v) is 16.0. The minimum Gasteiger partial charge on any atom is -0.657 e. The van der Waals surface area contributed by atoms with E-state index in [0.717, 1.165) is 6.42 Å². The van der Waals surface area contributed by atoms with Crippen LogP contribution in [0.4, 0.5) is 0 Å². The molecule has 0 aromatic carbocycles. The van der Waals surface area contributed by atoms with Crippen molar-refractivity contribution in [1.29, 1.82) is 0 Å². The molecule has 8 atom stereocenters. The molecule has 2 N–H and O–H groups in total. The maximum absolute atomic E-state index is 5.13. The minimum atomic E-state index is 0. The van der Waals surface area contributed by atoms with E-state index in [2.05, 4.69) is 34.9 Å². The van der Waals surface area contributed by atoms with Gasteiger partial charge in [0.2, 0.25) is 0 Å². The Hall–Kier alpha value is -0.161. The minimum absolute atomic E-state index is 0. The Morgan fingerprint density at radius 3 is 1.32 bits per heavy atom. The number of fused-ring (bicyclic) bond motifs is 8. The Bertz CT molecular complexity index is 478. The first-order valence-corrected chi connectivity index (χ1v) is 10.1. The van der Waals surface area contributed by atoms with Gasteiger partial charge in [0.05, 0.1) is 0 Å². The average Bonchev–Trinajstić information content (AvgIpc) is 3.32. The summed E-state index contributed by atoms with van der Waals surface area (Å²) in [4.78, 5) is 0. The molecule has 8 unspecified atom stereocenters. The second-order valence-corrected chi connectivity index (χ2v) is 8.54. The van der Waals surface area contributed by atoms with Crippen LogP contribution in [0, 0.1) is 0 Å². The maximum atomic E-state index is 5.13. The molecular formula is C20H30MnN4. The standard InChI is InChI=1S/C20H30N4.Mn/c1-2-14-10-16-5-6-18(23-16)12-20-8-7-19(24-20)11-17-4-3-15(22-17)9-13(1)21-14;/h1-4,13-22H,5-12H2;/q-2;+2. The van der Waals surface area contributed by atoms with Gasteiger partial charge in [-0.25, -0.2) is 0 Å². The summed E-state index contributed by atoms with van der Waals surface area (Å²) in [6, 6.07) is 4.36. The molecule has 5 heterocycles. The van der Waals surface area contributed by atoms with E-state index in [0.29, 0.717) is 48.3 Å². The molecule has 0 aromatic rings. The summed E-state index contributed by atoms with van der Waals surface area (Å²) in [6.45, 7) is 0. The predicted octanol–water partition coefficient (Wildman–Crippen LogP) is 3.16. The summed E-state index contributed by atoms with van der Waals surface area (Å²) in [5, 5.41) is 17.9. The summed E-state index contributed by atoms with van der Waals surface area (Å²) in [6.07, 6.45) is 19.4. The van der Waals surface area contributed by atoms with Crippen molar-refractivity contribution in [2.75, 3.05) is 0 Å².